The number of ketones is 2. The number of hydrogen-bond acceptors (Lipinski definition) is 2. The standard InChI is InChI=1S/C11H10O2/c1-6-3-8(12)11-5-10(6,11)9(13)4-7(11)2/h3-4H,5H2,1-2H3/t10-,11-/m0/s1. The maximum atomic E-state index is 11.7. The van der Waals surface area contributed by atoms with E-state index in [1.807, 2.05) is 13.8 Å². The molecule has 1 saturated carbocycles. The van der Waals surface area contributed by atoms with Crippen molar-refractivity contribution >= 4 is 11.6 Å². The van der Waals surface area contributed by atoms with Gasteiger partial charge in [-0.3, -0.25) is 9.59 Å². The molecule has 3 rings (SSSR count). The molecule has 0 spiro atoms. The van der Waals surface area contributed by atoms with Gasteiger partial charge >= 0.3 is 0 Å². The minimum absolute atomic E-state index is 0.143. The van der Waals surface area contributed by atoms with Crippen LogP contribution in [0.1, 0.15) is 20.3 Å². The predicted octanol–water partition coefficient (Wildman–Crippen LogP) is 1.42. The van der Waals surface area contributed by atoms with Gasteiger partial charge in [0.25, 0.3) is 0 Å². The number of hydrogen-bond donors (Lipinski definition) is 0. The molecular formula is C11H10O2. The highest BCUT2D eigenvalue weighted by atomic mass is 16.1. The zero-order valence-corrected chi connectivity index (χ0v) is 7.68. The summed E-state index contributed by atoms with van der Waals surface area (Å²) < 4.78 is 0. The van der Waals surface area contributed by atoms with Crippen LogP contribution in [-0.2, 0) is 9.59 Å². The second-order valence-electron chi connectivity index (χ2n) is 4.37. The third-order valence-electron chi connectivity index (χ3n) is 4.02. The van der Waals surface area contributed by atoms with Crippen molar-refractivity contribution in [1.29, 1.82) is 0 Å². The Hall–Kier alpha value is -1.18. The van der Waals surface area contributed by atoms with E-state index < -0.39 is 10.8 Å². The minimum atomic E-state index is -0.409. The van der Waals surface area contributed by atoms with Crippen molar-refractivity contribution in [2.45, 2.75) is 20.3 Å². The van der Waals surface area contributed by atoms with Gasteiger partial charge in [-0.2, -0.15) is 0 Å². The fourth-order valence-electron chi connectivity index (χ4n) is 3.18. The van der Waals surface area contributed by atoms with Crippen molar-refractivity contribution in [3.05, 3.63) is 23.3 Å². The van der Waals surface area contributed by atoms with Crippen molar-refractivity contribution in [1.82, 2.24) is 0 Å². The van der Waals surface area contributed by atoms with Gasteiger partial charge in [0, 0.05) is 0 Å². The average Bonchev–Trinajstić information content (AvgIpc) is 2.64. The van der Waals surface area contributed by atoms with Crippen LogP contribution in [0.5, 0.6) is 0 Å². The monoisotopic (exact) mass is 174 g/mol. The van der Waals surface area contributed by atoms with Crippen molar-refractivity contribution in [3.8, 4) is 0 Å². The molecular weight excluding hydrogens is 164 g/mol. The summed E-state index contributed by atoms with van der Waals surface area (Å²) in [6, 6.07) is 0. The summed E-state index contributed by atoms with van der Waals surface area (Å²) in [5, 5.41) is 0. The van der Waals surface area contributed by atoms with Gasteiger partial charge in [-0.05, 0) is 32.4 Å². The second kappa shape index (κ2) is 1.57. The SMILES string of the molecule is CC1=CC(=O)[C@@]23C[C@@]12C(=O)C=C3C. The van der Waals surface area contributed by atoms with Gasteiger partial charge in [0.15, 0.2) is 11.6 Å². The number of allylic oxidation sites excluding steroid dienone is 4. The molecule has 3 aliphatic rings. The average molecular weight is 174 g/mol. The van der Waals surface area contributed by atoms with E-state index in [1.165, 1.54) is 0 Å². The summed E-state index contributed by atoms with van der Waals surface area (Å²) in [4.78, 5) is 23.4. The van der Waals surface area contributed by atoms with Gasteiger partial charge in [0.2, 0.25) is 0 Å². The van der Waals surface area contributed by atoms with Gasteiger partial charge in [-0.25, -0.2) is 0 Å². The van der Waals surface area contributed by atoms with E-state index in [4.69, 9.17) is 0 Å². The predicted molar refractivity (Wildman–Crippen MR) is 47.0 cm³/mol. The lowest BCUT2D eigenvalue weighted by Crippen LogP contribution is -2.17. The van der Waals surface area contributed by atoms with E-state index in [1.54, 1.807) is 12.2 Å². The topological polar surface area (TPSA) is 34.1 Å². The smallest absolute Gasteiger partial charge is 0.167 e. The summed E-state index contributed by atoms with van der Waals surface area (Å²) in [5.41, 5.74) is 1.12. The van der Waals surface area contributed by atoms with Crippen LogP contribution in [0.2, 0.25) is 0 Å². The molecule has 1 fully saturated rings. The summed E-state index contributed by atoms with van der Waals surface area (Å²) in [6.45, 7) is 3.80. The Morgan fingerprint density at radius 1 is 1.00 bits per heavy atom. The number of rotatable bonds is 0. The molecule has 0 amide bonds. The zero-order chi connectivity index (χ0) is 9.43. The lowest BCUT2D eigenvalue weighted by molar-refractivity contribution is -0.122. The lowest BCUT2D eigenvalue weighted by atomic mass is 9.90. The first-order valence-electron chi connectivity index (χ1n) is 4.52. The minimum Gasteiger partial charge on any atom is -0.294 e. The van der Waals surface area contributed by atoms with E-state index in [0.29, 0.717) is 0 Å². The summed E-state index contributed by atoms with van der Waals surface area (Å²) in [6.07, 6.45) is 4.04. The zero-order valence-electron chi connectivity index (χ0n) is 7.68. The van der Waals surface area contributed by atoms with Crippen LogP contribution in [0, 0.1) is 10.8 Å². The quantitative estimate of drug-likeness (QED) is 0.556. The van der Waals surface area contributed by atoms with Gasteiger partial charge in [-0.15, -0.1) is 0 Å². The van der Waals surface area contributed by atoms with Crippen molar-refractivity contribution < 1.29 is 9.59 Å². The Morgan fingerprint density at radius 2 is 1.38 bits per heavy atom. The molecule has 2 atom stereocenters. The molecule has 0 aliphatic heterocycles. The van der Waals surface area contributed by atoms with Gasteiger partial charge in [0.1, 0.15) is 0 Å². The first-order valence-corrected chi connectivity index (χ1v) is 4.52. The van der Waals surface area contributed by atoms with Crippen LogP contribution in [0.3, 0.4) is 0 Å². The first-order chi connectivity index (χ1) is 6.05. The van der Waals surface area contributed by atoms with Crippen LogP contribution >= 0.6 is 0 Å². The molecule has 0 N–H and O–H groups in total. The summed E-state index contributed by atoms with van der Waals surface area (Å²) in [7, 11) is 0. The number of carbonyl (C=O) groups is 2. The van der Waals surface area contributed by atoms with Crippen LogP contribution in [0.25, 0.3) is 0 Å². The Labute approximate surface area is 76.3 Å². The van der Waals surface area contributed by atoms with E-state index in [2.05, 4.69) is 0 Å². The van der Waals surface area contributed by atoms with Crippen LogP contribution in [0.4, 0.5) is 0 Å². The first kappa shape index (κ1) is 7.25. The van der Waals surface area contributed by atoms with Crippen molar-refractivity contribution in [2.24, 2.45) is 10.8 Å². The molecule has 3 aliphatic carbocycles. The van der Waals surface area contributed by atoms with Gasteiger partial charge < -0.3 is 0 Å². The van der Waals surface area contributed by atoms with E-state index >= 15 is 0 Å². The lowest BCUT2D eigenvalue weighted by Gasteiger charge is -2.08. The molecule has 0 unspecified atom stereocenters. The Balaban J connectivity index is 2.30. The Morgan fingerprint density at radius 3 is 1.69 bits per heavy atom. The second-order valence-corrected chi connectivity index (χ2v) is 4.37. The fraction of sp³-hybridized carbons (Fsp3) is 0.455. The highest BCUT2D eigenvalue weighted by Crippen LogP contribution is 2.78. The number of carbonyl (C=O) groups excluding carboxylic acids is 2. The molecule has 66 valence electrons. The van der Waals surface area contributed by atoms with Crippen molar-refractivity contribution in [2.75, 3.05) is 0 Å². The molecule has 0 heterocycles. The summed E-state index contributed by atoms with van der Waals surface area (Å²) >= 11 is 0. The van der Waals surface area contributed by atoms with Crippen LogP contribution < -0.4 is 0 Å². The molecule has 13 heavy (non-hydrogen) atoms. The van der Waals surface area contributed by atoms with Crippen LogP contribution in [0.15, 0.2) is 23.3 Å². The van der Waals surface area contributed by atoms with E-state index in [-0.39, 0.29) is 11.6 Å². The molecule has 0 radical (unpaired) electrons. The maximum absolute atomic E-state index is 11.7. The molecule has 0 aromatic rings. The Kier molecular flexibility index (Phi) is 0.872. The largest absolute Gasteiger partial charge is 0.294 e. The van der Waals surface area contributed by atoms with Gasteiger partial charge in [0.05, 0.1) is 10.8 Å². The van der Waals surface area contributed by atoms with E-state index in [9.17, 15) is 9.59 Å². The van der Waals surface area contributed by atoms with Gasteiger partial charge in [-0.1, -0.05) is 11.1 Å². The van der Waals surface area contributed by atoms with Crippen LogP contribution in [-0.4, -0.2) is 11.6 Å². The maximum Gasteiger partial charge on any atom is 0.167 e. The molecule has 0 bridgehead atoms. The Bertz CT molecular complexity index is 387. The fourth-order valence-corrected chi connectivity index (χ4v) is 3.18. The summed E-state index contributed by atoms with van der Waals surface area (Å²) in [5.74, 6) is 0.286. The normalized spacial score (nSPS) is 45.7. The van der Waals surface area contributed by atoms with Crippen molar-refractivity contribution in [3.63, 3.8) is 0 Å². The molecule has 2 heteroatoms. The highest BCUT2D eigenvalue weighted by molar-refractivity contribution is 6.20. The molecule has 0 saturated heterocycles. The highest BCUT2D eigenvalue weighted by Gasteiger charge is 2.81. The third-order valence-corrected chi connectivity index (χ3v) is 4.02. The molecule has 0 aromatic heterocycles. The third kappa shape index (κ3) is 0.438. The molecule has 2 nitrogen and oxygen atoms in total. The van der Waals surface area contributed by atoms with E-state index in [0.717, 1.165) is 17.6 Å². The molecule has 0 aromatic carbocycles.